The topological polar surface area (TPSA) is 93.1 Å². The number of ether oxygens (including phenoxy) is 2. The lowest BCUT2D eigenvalue weighted by molar-refractivity contribution is -0.141. The monoisotopic (exact) mass is 360 g/mol. The van der Waals surface area contributed by atoms with Gasteiger partial charge in [-0.25, -0.2) is 4.79 Å². The lowest BCUT2D eigenvalue weighted by Gasteiger charge is -2.19. The average Bonchev–Trinajstić information content (AvgIpc) is 3.22. The van der Waals surface area contributed by atoms with E-state index < -0.39 is 17.9 Å². The van der Waals surface area contributed by atoms with Crippen molar-refractivity contribution in [1.29, 1.82) is 0 Å². The van der Waals surface area contributed by atoms with Crippen LogP contribution in [0.5, 0.6) is 11.5 Å². The van der Waals surface area contributed by atoms with Crippen LogP contribution >= 0.6 is 0 Å². The number of allylic oxidation sites excluding steroid dienone is 2. The molecule has 0 spiro atoms. The summed E-state index contributed by atoms with van der Waals surface area (Å²) in [6, 6.07) is 0. The molecule has 0 aromatic heterocycles. The first-order valence-electron chi connectivity index (χ1n) is 8.90. The van der Waals surface area contributed by atoms with Gasteiger partial charge < -0.3 is 19.7 Å². The Hall–Kier alpha value is -2.50. The number of hydrogen-bond donors (Lipinski definition) is 2. The van der Waals surface area contributed by atoms with E-state index in [4.69, 9.17) is 9.47 Å². The van der Waals surface area contributed by atoms with E-state index in [0.29, 0.717) is 29.7 Å². The molecule has 2 unspecified atom stereocenters. The Labute approximate surface area is 152 Å². The van der Waals surface area contributed by atoms with Crippen LogP contribution in [0.15, 0.2) is 11.6 Å². The standard InChI is InChI=1S/C20H24O6/c1-4-12(19(22)23)7-11-5-6-13(8-11)15-17(21)16-14(9-26-20(16)24)10(2)18(15)25-3/h8,12-13,21H,4-7,9H2,1-3H3,(H,22,23). The van der Waals surface area contributed by atoms with E-state index in [1.54, 1.807) is 7.11 Å². The van der Waals surface area contributed by atoms with Gasteiger partial charge in [0, 0.05) is 17.0 Å². The molecule has 6 heteroatoms. The van der Waals surface area contributed by atoms with Crippen molar-refractivity contribution in [2.24, 2.45) is 5.92 Å². The fraction of sp³-hybridized carbons (Fsp3) is 0.500. The summed E-state index contributed by atoms with van der Waals surface area (Å²) in [6.07, 6.45) is 4.64. The van der Waals surface area contributed by atoms with Gasteiger partial charge in [-0.15, -0.1) is 0 Å². The zero-order chi connectivity index (χ0) is 19.0. The van der Waals surface area contributed by atoms with Crippen LogP contribution in [-0.4, -0.2) is 29.3 Å². The summed E-state index contributed by atoms with van der Waals surface area (Å²) in [7, 11) is 1.55. The predicted octanol–water partition coefficient (Wildman–Crippen LogP) is 3.68. The Kier molecular flexibility index (Phi) is 4.94. The summed E-state index contributed by atoms with van der Waals surface area (Å²) in [6.45, 7) is 3.88. The molecule has 140 valence electrons. The molecule has 0 radical (unpaired) electrons. The van der Waals surface area contributed by atoms with Crippen LogP contribution in [0.3, 0.4) is 0 Å². The first-order chi connectivity index (χ1) is 12.4. The Balaban J connectivity index is 2.00. The summed E-state index contributed by atoms with van der Waals surface area (Å²) in [5.41, 5.74) is 3.39. The number of benzene rings is 1. The van der Waals surface area contributed by atoms with E-state index in [9.17, 15) is 19.8 Å². The van der Waals surface area contributed by atoms with Gasteiger partial charge in [0.2, 0.25) is 0 Å². The highest BCUT2D eigenvalue weighted by Crippen LogP contribution is 2.49. The van der Waals surface area contributed by atoms with Gasteiger partial charge in [-0.05, 0) is 38.2 Å². The van der Waals surface area contributed by atoms with Crippen molar-refractivity contribution in [3.63, 3.8) is 0 Å². The van der Waals surface area contributed by atoms with Gasteiger partial charge in [-0.3, -0.25) is 4.79 Å². The minimum atomic E-state index is -0.784. The number of phenols is 1. The van der Waals surface area contributed by atoms with Crippen LogP contribution in [0.1, 0.15) is 65.6 Å². The summed E-state index contributed by atoms with van der Waals surface area (Å²) in [5, 5.41) is 20.1. The maximum atomic E-state index is 12.0. The van der Waals surface area contributed by atoms with Crippen molar-refractivity contribution in [2.75, 3.05) is 7.11 Å². The molecule has 0 saturated heterocycles. The van der Waals surface area contributed by atoms with Crippen LogP contribution in [-0.2, 0) is 16.1 Å². The van der Waals surface area contributed by atoms with Crippen LogP contribution in [0.2, 0.25) is 0 Å². The SMILES string of the molecule is CCC(CC1=CC(c2c(O)c3c(c(C)c2OC)COC3=O)CC1)C(=O)O. The first-order valence-corrected chi connectivity index (χ1v) is 8.90. The fourth-order valence-electron chi connectivity index (χ4n) is 4.04. The van der Waals surface area contributed by atoms with Gasteiger partial charge in [-0.2, -0.15) is 0 Å². The molecule has 1 heterocycles. The smallest absolute Gasteiger partial charge is 0.342 e. The van der Waals surface area contributed by atoms with Crippen molar-refractivity contribution in [3.05, 3.63) is 33.9 Å². The molecule has 1 aromatic carbocycles. The highest BCUT2D eigenvalue weighted by molar-refractivity contribution is 5.98. The molecular formula is C20H24O6. The highest BCUT2D eigenvalue weighted by Gasteiger charge is 2.35. The number of methoxy groups -OCH3 is 1. The summed E-state index contributed by atoms with van der Waals surface area (Å²) in [4.78, 5) is 23.3. The number of carbonyl (C=O) groups is 2. The number of hydrogen-bond acceptors (Lipinski definition) is 5. The maximum absolute atomic E-state index is 12.0. The lowest BCUT2D eigenvalue weighted by Crippen LogP contribution is -2.12. The molecule has 6 nitrogen and oxygen atoms in total. The Morgan fingerprint density at radius 2 is 2.19 bits per heavy atom. The van der Waals surface area contributed by atoms with Gasteiger partial charge in [0.25, 0.3) is 0 Å². The number of rotatable bonds is 6. The van der Waals surface area contributed by atoms with Crippen molar-refractivity contribution in [2.45, 2.75) is 52.1 Å². The van der Waals surface area contributed by atoms with Gasteiger partial charge in [-0.1, -0.05) is 18.6 Å². The zero-order valence-corrected chi connectivity index (χ0v) is 15.3. The number of aromatic hydroxyl groups is 1. The largest absolute Gasteiger partial charge is 0.507 e. The van der Waals surface area contributed by atoms with E-state index in [1.807, 2.05) is 19.9 Å². The molecule has 26 heavy (non-hydrogen) atoms. The highest BCUT2D eigenvalue weighted by atomic mass is 16.5. The second kappa shape index (κ2) is 7.02. The number of carbonyl (C=O) groups excluding carboxylic acids is 1. The van der Waals surface area contributed by atoms with E-state index in [2.05, 4.69) is 0 Å². The van der Waals surface area contributed by atoms with E-state index in [0.717, 1.165) is 24.0 Å². The number of cyclic esters (lactones) is 1. The molecule has 1 aromatic rings. The van der Waals surface area contributed by atoms with Gasteiger partial charge >= 0.3 is 11.9 Å². The Morgan fingerprint density at radius 1 is 1.46 bits per heavy atom. The van der Waals surface area contributed by atoms with Crippen molar-refractivity contribution < 1.29 is 29.3 Å². The number of phenolic OH excluding ortho intramolecular Hbond substituents is 1. The minimum Gasteiger partial charge on any atom is -0.507 e. The fourth-order valence-corrected chi connectivity index (χ4v) is 4.04. The zero-order valence-electron chi connectivity index (χ0n) is 15.3. The summed E-state index contributed by atoms with van der Waals surface area (Å²) < 4.78 is 10.6. The van der Waals surface area contributed by atoms with E-state index in [-0.39, 0.29) is 23.8 Å². The Morgan fingerprint density at radius 3 is 2.81 bits per heavy atom. The normalized spacial score (nSPS) is 19.7. The first kappa shape index (κ1) is 18.3. The second-order valence-corrected chi connectivity index (χ2v) is 6.97. The molecule has 0 amide bonds. The molecule has 2 atom stereocenters. The summed E-state index contributed by atoms with van der Waals surface area (Å²) in [5.74, 6) is -1.29. The third-order valence-electron chi connectivity index (χ3n) is 5.52. The maximum Gasteiger partial charge on any atom is 0.342 e. The molecule has 3 rings (SSSR count). The molecule has 1 aliphatic carbocycles. The predicted molar refractivity (Wildman–Crippen MR) is 94.6 cm³/mol. The Bertz CT molecular complexity index is 792. The number of aliphatic carboxylic acids is 1. The van der Waals surface area contributed by atoms with E-state index in [1.165, 1.54) is 0 Å². The molecule has 2 aliphatic rings. The van der Waals surface area contributed by atoms with E-state index >= 15 is 0 Å². The van der Waals surface area contributed by atoms with Gasteiger partial charge in [0.05, 0.1) is 13.0 Å². The number of esters is 1. The van der Waals surface area contributed by atoms with Crippen molar-refractivity contribution in [3.8, 4) is 11.5 Å². The number of fused-ring (bicyclic) bond motifs is 1. The molecule has 1 aliphatic heterocycles. The van der Waals surface area contributed by atoms with Gasteiger partial charge in [0.15, 0.2) is 0 Å². The van der Waals surface area contributed by atoms with Crippen molar-refractivity contribution in [1.82, 2.24) is 0 Å². The molecular weight excluding hydrogens is 336 g/mol. The quantitative estimate of drug-likeness (QED) is 0.594. The average molecular weight is 360 g/mol. The van der Waals surface area contributed by atoms with Gasteiger partial charge in [0.1, 0.15) is 23.7 Å². The van der Waals surface area contributed by atoms with Crippen LogP contribution in [0.4, 0.5) is 0 Å². The van der Waals surface area contributed by atoms with Crippen LogP contribution in [0.25, 0.3) is 0 Å². The molecule has 2 N–H and O–H groups in total. The number of carboxylic acids is 1. The second-order valence-electron chi connectivity index (χ2n) is 6.97. The van der Waals surface area contributed by atoms with Crippen molar-refractivity contribution >= 4 is 11.9 Å². The third kappa shape index (κ3) is 2.93. The van der Waals surface area contributed by atoms with Crippen LogP contribution < -0.4 is 4.74 Å². The molecule has 0 fully saturated rings. The lowest BCUT2D eigenvalue weighted by atomic mass is 9.89. The molecule has 0 bridgehead atoms. The molecule has 0 saturated carbocycles. The number of carboxylic acid groups (broad SMARTS) is 1. The third-order valence-corrected chi connectivity index (χ3v) is 5.52. The van der Waals surface area contributed by atoms with Crippen LogP contribution in [0, 0.1) is 12.8 Å². The summed E-state index contributed by atoms with van der Waals surface area (Å²) >= 11 is 0. The minimum absolute atomic E-state index is 0.0715.